The predicted octanol–water partition coefficient (Wildman–Crippen LogP) is 3.10. The highest BCUT2D eigenvalue weighted by Crippen LogP contribution is 2.23. The largest absolute Gasteiger partial charge is 0.347 e. The number of rotatable bonds is 5. The molecule has 1 aliphatic rings. The van der Waals surface area contributed by atoms with Gasteiger partial charge in [-0.25, -0.2) is 4.98 Å². The van der Waals surface area contributed by atoms with Crippen LogP contribution in [-0.2, 0) is 13.6 Å². The molecule has 1 saturated heterocycles. The summed E-state index contributed by atoms with van der Waals surface area (Å²) >= 11 is 1.41. The van der Waals surface area contributed by atoms with Crippen LogP contribution in [0.1, 0.15) is 45.7 Å². The first kappa shape index (κ1) is 19.3. The highest BCUT2D eigenvalue weighted by Gasteiger charge is 2.18. The van der Waals surface area contributed by atoms with Crippen LogP contribution in [0.2, 0.25) is 0 Å². The van der Waals surface area contributed by atoms with E-state index in [1.54, 1.807) is 16.3 Å². The van der Waals surface area contributed by atoms with Crippen LogP contribution in [-0.4, -0.2) is 44.6 Å². The number of nitrogens with zero attached hydrogens (tertiary/aromatic N) is 4. The lowest BCUT2D eigenvalue weighted by Gasteiger charge is -2.26. The van der Waals surface area contributed by atoms with E-state index in [2.05, 4.69) is 15.4 Å². The van der Waals surface area contributed by atoms with Crippen LogP contribution >= 0.6 is 11.3 Å². The van der Waals surface area contributed by atoms with Crippen molar-refractivity contribution in [1.82, 2.24) is 25.0 Å². The normalized spacial score (nSPS) is 14.0. The summed E-state index contributed by atoms with van der Waals surface area (Å²) in [4.78, 5) is 31.5. The topological polar surface area (TPSA) is 80.1 Å². The molecule has 1 aliphatic heterocycles. The predicted molar refractivity (Wildman–Crippen MR) is 112 cm³/mol. The van der Waals surface area contributed by atoms with Crippen LogP contribution in [0.4, 0.5) is 0 Å². The van der Waals surface area contributed by atoms with E-state index in [1.165, 1.54) is 17.8 Å². The lowest BCUT2D eigenvalue weighted by atomic mass is 10.1. The molecule has 8 heteroatoms. The molecule has 2 aromatic heterocycles. The van der Waals surface area contributed by atoms with Crippen molar-refractivity contribution in [3.63, 3.8) is 0 Å². The molecule has 0 unspecified atom stereocenters. The second-order valence-electron chi connectivity index (χ2n) is 7.18. The van der Waals surface area contributed by atoms with E-state index < -0.39 is 0 Å². The molecule has 7 nitrogen and oxygen atoms in total. The fourth-order valence-corrected chi connectivity index (χ4v) is 4.18. The van der Waals surface area contributed by atoms with Crippen molar-refractivity contribution in [3.8, 4) is 10.6 Å². The summed E-state index contributed by atoms with van der Waals surface area (Å²) < 4.78 is 1.70. The fourth-order valence-electron chi connectivity index (χ4n) is 3.41. The number of aromatic nitrogens is 3. The molecule has 3 aromatic rings. The molecule has 0 aliphatic carbocycles. The molecule has 1 fully saturated rings. The molecule has 0 bridgehead atoms. The van der Waals surface area contributed by atoms with Crippen LogP contribution in [0.15, 0.2) is 42.0 Å². The summed E-state index contributed by atoms with van der Waals surface area (Å²) in [7, 11) is 1.84. The average molecular weight is 410 g/mol. The molecule has 0 atom stereocenters. The van der Waals surface area contributed by atoms with Gasteiger partial charge in [0.05, 0.1) is 6.20 Å². The van der Waals surface area contributed by atoms with Crippen LogP contribution in [0.25, 0.3) is 10.6 Å². The van der Waals surface area contributed by atoms with Gasteiger partial charge in [-0.2, -0.15) is 5.10 Å². The van der Waals surface area contributed by atoms with Gasteiger partial charge in [0.1, 0.15) is 10.7 Å². The number of benzene rings is 1. The van der Waals surface area contributed by atoms with Crippen molar-refractivity contribution in [3.05, 3.63) is 58.9 Å². The summed E-state index contributed by atoms with van der Waals surface area (Å²) in [5.41, 5.74) is 2.84. The number of carbonyl (C=O) groups excluding carboxylic acids is 2. The van der Waals surface area contributed by atoms with Gasteiger partial charge in [0.2, 0.25) is 0 Å². The van der Waals surface area contributed by atoms with E-state index in [0.717, 1.165) is 42.1 Å². The summed E-state index contributed by atoms with van der Waals surface area (Å²) in [6, 6.07) is 7.47. The Morgan fingerprint density at radius 3 is 2.79 bits per heavy atom. The van der Waals surface area contributed by atoms with Crippen molar-refractivity contribution in [2.45, 2.75) is 25.8 Å². The van der Waals surface area contributed by atoms with Crippen LogP contribution < -0.4 is 5.32 Å². The molecule has 1 N–H and O–H groups in total. The van der Waals surface area contributed by atoms with E-state index in [-0.39, 0.29) is 11.8 Å². The molecule has 3 heterocycles. The van der Waals surface area contributed by atoms with Gasteiger partial charge < -0.3 is 10.2 Å². The Kier molecular flexibility index (Phi) is 5.71. The minimum Gasteiger partial charge on any atom is -0.347 e. The Hall–Kier alpha value is -3.00. The van der Waals surface area contributed by atoms with Gasteiger partial charge in [-0.05, 0) is 37.0 Å². The molecule has 150 valence electrons. The summed E-state index contributed by atoms with van der Waals surface area (Å²) in [5, 5.41) is 9.53. The van der Waals surface area contributed by atoms with Crippen molar-refractivity contribution in [1.29, 1.82) is 0 Å². The molecule has 0 saturated carbocycles. The molecule has 2 amide bonds. The fraction of sp³-hybridized carbons (Fsp3) is 0.333. The zero-order chi connectivity index (χ0) is 20.2. The maximum absolute atomic E-state index is 12.7. The highest BCUT2D eigenvalue weighted by atomic mass is 32.1. The van der Waals surface area contributed by atoms with Gasteiger partial charge in [-0.15, -0.1) is 11.3 Å². The Morgan fingerprint density at radius 2 is 2.03 bits per heavy atom. The summed E-state index contributed by atoms with van der Waals surface area (Å²) in [5.74, 6) is -0.164. The highest BCUT2D eigenvalue weighted by molar-refractivity contribution is 7.13. The van der Waals surface area contributed by atoms with E-state index in [0.29, 0.717) is 17.8 Å². The summed E-state index contributed by atoms with van der Waals surface area (Å²) in [6.07, 6.45) is 6.91. The first-order valence-electron chi connectivity index (χ1n) is 9.71. The zero-order valence-corrected chi connectivity index (χ0v) is 17.1. The lowest BCUT2D eigenvalue weighted by molar-refractivity contribution is 0.0724. The molecule has 0 spiro atoms. The third-order valence-electron chi connectivity index (χ3n) is 4.96. The Balaban J connectivity index is 1.38. The van der Waals surface area contributed by atoms with Gasteiger partial charge in [-0.1, -0.05) is 12.1 Å². The van der Waals surface area contributed by atoms with E-state index in [4.69, 9.17) is 0 Å². The van der Waals surface area contributed by atoms with Crippen LogP contribution in [0.3, 0.4) is 0 Å². The number of hydrogen-bond donors (Lipinski definition) is 1. The number of piperidine rings is 1. The minimum absolute atomic E-state index is 0.0680. The van der Waals surface area contributed by atoms with Gasteiger partial charge >= 0.3 is 0 Å². The SMILES string of the molecule is Cn1cc(-c2nc(C(=O)NCc3cccc(C(=O)N4CCCCC4)c3)cs2)cn1. The van der Waals surface area contributed by atoms with E-state index >= 15 is 0 Å². The average Bonchev–Trinajstić information content (AvgIpc) is 3.41. The number of nitrogens with one attached hydrogen (secondary N) is 1. The van der Waals surface area contributed by atoms with Crippen molar-refractivity contribution < 1.29 is 9.59 Å². The molecule has 29 heavy (non-hydrogen) atoms. The maximum Gasteiger partial charge on any atom is 0.271 e. The molecule has 4 rings (SSSR count). The number of hydrogen-bond acceptors (Lipinski definition) is 5. The van der Waals surface area contributed by atoms with Gasteiger partial charge in [0.15, 0.2) is 0 Å². The standard InChI is InChI=1S/C21H23N5O2S/c1-25-13-17(12-23-25)20-24-18(14-29-20)19(27)22-11-15-6-5-7-16(10-15)21(28)26-8-3-2-4-9-26/h5-7,10,12-14H,2-4,8-9,11H2,1H3,(H,22,27). The van der Waals surface area contributed by atoms with Crippen molar-refractivity contribution in [2.75, 3.05) is 13.1 Å². The first-order chi connectivity index (χ1) is 14.1. The smallest absolute Gasteiger partial charge is 0.271 e. The molecule has 0 radical (unpaired) electrons. The minimum atomic E-state index is -0.232. The number of likely N-dealkylation sites (tertiary alicyclic amines) is 1. The van der Waals surface area contributed by atoms with Crippen LogP contribution in [0, 0.1) is 0 Å². The van der Waals surface area contributed by atoms with Crippen LogP contribution in [0.5, 0.6) is 0 Å². The number of thiazole rings is 1. The number of carbonyl (C=O) groups is 2. The zero-order valence-electron chi connectivity index (χ0n) is 16.3. The van der Waals surface area contributed by atoms with Gasteiger partial charge in [-0.3, -0.25) is 14.3 Å². The Morgan fingerprint density at radius 1 is 1.21 bits per heavy atom. The van der Waals surface area contributed by atoms with Crippen molar-refractivity contribution in [2.24, 2.45) is 7.05 Å². The second kappa shape index (κ2) is 8.57. The van der Waals surface area contributed by atoms with Crippen molar-refractivity contribution >= 4 is 23.2 Å². The monoisotopic (exact) mass is 409 g/mol. The second-order valence-corrected chi connectivity index (χ2v) is 8.03. The Labute approximate surface area is 173 Å². The van der Waals surface area contributed by atoms with Gasteiger partial charge in [0, 0.05) is 49.4 Å². The van der Waals surface area contributed by atoms with Gasteiger partial charge in [0.25, 0.3) is 11.8 Å². The number of aryl methyl sites for hydroxylation is 1. The third-order valence-corrected chi connectivity index (χ3v) is 5.85. The number of amides is 2. The molecular formula is C21H23N5O2S. The Bertz CT molecular complexity index is 1020. The maximum atomic E-state index is 12.7. The van der Waals surface area contributed by atoms with E-state index in [1.807, 2.05) is 42.4 Å². The van der Waals surface area contributed by atoms with E-state index in [9.17, 15) is 9.59 Å². The lowest BCUT2D eigenvalue weighted by Crippen LogP contribution is -2.35. The summed E-state index contributed by atoms with van der Waals surface area (Å²) in [6.45, 7) is 1.99. The molecular weight excluding hydrogens is 386 g/mol. The molecule has 1 aromatic carbocycles. The first-order valence-corrected chi connectivity index (χ1v) is 10.6. The third kappa shape index (κ3) is 4.54. The quantitative estimate of drug-likeness (QED) is 0.702.